The number of nitrogens with one attached hydrogen (secondary N) is 1. The summed E-state index contributed by atoms with van der Waals surface area (Å²) in [6, 6.07) is 14.8. The van der Waals surface area contributed by atoms with Crippen LogP contribution in [0.5, 0.6) is 0 Å². The van der Waals surface area contributed by atoms with E-state index in [2.05, 4.69) is 15.3 Å². The first-order chi connectivity index (χ1) is 15.5. The smallest absolute Gasteiger partial charge is 0.242 e. The maximum absolute atomic E-state index is 12.9. The van der Waals surface area contributed by atoms with Crippen LogP contribution in [0.15, 0.2) is 71.9 Å². The van der Waals surface area contributed by atoms with Crippen LogP contribution >= 0.6 is 0 Å². The highest BCUT2D eigenvalue weighted by Gasteiger charge is 2.32. The quantitative estimate of drug-likeness (QED) is 0.511. The van der Waals surface area contributed by atoms with Crippen LogP contribution < -0.4 is 5.32 Å². The van der Waals surface area contributed by atoms with Crippen molar-refractivity contribution in [2.24, 2.45) is 0 Å². The molecule has 0 atom stereocenters. The average molecular weight is 467 g/mol. The zero-order chi connectivity index (χ0) is 24.2. The van der Waals surface area contributed by atoms with Gasteiger partial charge in [-0.3, -0.25) is 19.6 Å². The Bertz CT molecular complexity index is 1240. The molecule has 0 saturated heterocycles. The molecule has 0 radical (unpaired) electrons. The second-order valence-electron chi connectivity index (χ2n) is 8.26. The van der Waals surface area contributed by atoms with Gasteiger partial charge in [0, 0.05) is 20.3 Å². The molecule has 172 valence electrons. The van der Waals surface area contributed by atoms with Gasteiger partial charge >= 0.3 is 0 Å². The summed E-state index contributed by atoms with van der Waals surface area (Å²) >= 11 is 0. The van der Waals surface area contributed by atoms with Gasteiger partial charge in [0.05, 0.1) is 34.3 Å². The third kappa shape index (κ3) is 5.50. The van der Waals surface area contributed by atoms with Gasteiger partial charge in [0.25, 0.3) is 0 Å². The second kappa shape index (κ2) is 9.60. The van der Waals surface area contributed by atoms with Crippen LogP contribution in [0.25, 0.3) is 0 Å². The lowest BCUT2D eigenvalue weighted by Gasteiger charge is -2.22. The van der Waals surface area contributed by atoms with Crippen molar-refractivity contribution in [3.63, 3.8) is 0 Å². The number of pyridine rings is 2. The maximum Gasteiger partial charge on any atom is 0.242 e. The number of nitrogens with zero attached hydrogens (tertiary/aromatic N) is 3. The van der Waals surface area contributed by atoms with Crippen molar-refractivity contribution in [2.75, 3.05) is 19.4 Å². The third-order valence-electron chi connectivity index (χ3n) is 5.22. The highest BCUT2D eigenvalue weighted by molar-refractivity contribution is 7.89. The minimum atomic E-state index is -3.52. The number of hydrogen-bond donors (Lipinski definition) is 1. The minimum Gasteiger partial charge on any atom is -0.324 e. The Kier molecular flexibility index (Phi) is 7.04. The number of amides is 1. The molecule has 0 fully saturated rings. The van der Waals surface area contributed by atoms with Crippen LogP contribution in [0.2, 0.25) is 0 Å². The van der Waals surface area contributed by atoms with E-state index in [-0.39, 0.29) is 28.7 Å². The summed E-state index contributed by atoms with van der Waals surface area (Å²) in [6.07, 6.45) is 3.15. The standard InChI is InChI=1S/C24H26N4O4S/c1-24(2,21-7-5-6-14-25-21)23(30)20-13-10-18(16-26-20)27-22(29)15-17-8-11-19(12-9-17)33(31,32)28(3)4/h5-14,16H,15H2,1-4H3,(H,27,29). The SMILES string of the molecule is CN(C)S(=O)(=O)c1ccc(CC(=O)Nc2ccc(C(=O)C(C)(C)c3ccccn3)nc2)cc1. The summed E-state index contributed by atoms with van der Waals surface area (Å²) in [5.74, 6) is -0.459. The number of anilines is 1. The average Bonchev–Trinajstić information content (AvgIpc) is 2.80. The molecule has 1 amide bonds. The highest BCUT2D eigenvalue weighted by Crippen LogP contribution is 2.25. The molecule has 33 heavy (non-hydrogen) atoms. The highest BCUT2D eigenvalue weighted by atomic mass is 32.2. The Morgan fingerprint density at radius 1 is 0.970 bits per heavy atom. The first-order valence-corrected chi connectivity index (χ1v) is 11.7. The summed E-state index contributed by atoms with van der Waals surface area (Å²) in [6.45, 7) is 3.59. The third-order valence-corrected chi connectivity index (χ3v) is 7.05. The van der Waals surface area contributed by atoms with E-state index in [9.17, 15) is 18.0 Å². The molecule has 3 rings (SSSR count). The molecular formula is C24H26N4O4S. The Morgan fingerprint density at radius 2 is 1.67 bits per heavy atom. The lowest BCUT2D eigenvalue weighted by Crippen LogP contribution is -2.30. The van der Waals surface area contributed by atoms with Gasteiger partial charge in [0.2, 0.25) is 15.9 Å². The number of ketones is 1. The Balaban J connectivity index is 1.64. The number of hydrogen-bond acceptors (Lipinski definition) is 6. The lowest BCUT2D eigenvalue weighted by molar-refractivity contribution is -0.115. The number of aromatic nitrogens is 2. The minimum absolute atomic E-state index is 0.0652. The number of Topliss-reactive ketones (excluding diaryl/α,β-unsaturated/α-hetero) is 1. The fraction of sp³-hybridized carbons (Fsp3) is 0.250. The molecule has 0 spiro atoms. The summed E-state index contributed by atoms with van der Waals surface area (Å²) in [7, 11) is -0.594. The van der Waals surface area contributed by atoms with Gasteiger partial charge in [-0.15, -0.1) is 0 Å². The predicted molar refractivity (Wildman–Crippen MR) is 125 cm³/mol. The molecule has 0 saturated carbocycles. The van der Waals surface area contributed by atoms with Crippen LogP contribution in [-0.2, 0) is 26.7 Å². The predicted octanol–water partition coefficient (Wildman–Crippen LogP) is 3.07. The molecule has 0 unspecified atom stereocenters. The van der Waals surface area contributed by atoms with Crippen LogP contribution in [0.1, 0.15) is 35.6 Å². The van der Waals surface area contributed by atoms with Crippen molar-refractivity contribution >= 4 is 27.4 Å². The zero-order valence-electron chi connectivity index (χ0n) is 18.9. The van der Waals surface area contributed by atoms with Gasteiger partial charge < -0.3 is 5.32 Å². The fourth-order valence-electron chi connectivity index (χ4n) is 3.15. The van der Waals surface area contributed by atoms with Crippen molar-refractivity contribution in [3.05, 3.63) is 83.9 Å². The molecule has 9 heteroatoms. The van der Waals surface area contributed by atoms with E-state index in [4.69, 9.17) is 0 Å². The van der Waals surface area contributed by atoms with E-state index in [0.29, 0.717) is 16.9 Å². The summed E-state index contributed by atoms with van der Waals surface area (Å²) < 4.78 is 25.4. The molecule has 0 aliphatic carbocycles. The monoisotopic (exact) mass is 466 g/mol. The van der Waals surface area contributed by atoms with E-state index < -0.39 is 15.4 Å². The van der Waals surface area contributed by atoms with Gasteiger partial charge in [-0.2, -0.15) is 0 Å². The molecule has 2 heterocycles. The number of sulfonamides is 1. The lowest BCUT2D eigenvalue weighted by atomic mass is 9.82. The fourth-order valence-corrected chi connectivity index (χ4v) is 4.05. The van der Waals surface area contributed by atoms with E-state index >= 15 is 0 Å². The van der Waals surface area contributed by atoms with Crippen LogP contribution in [-0.4, -0.2) is 48.5 Å². The van der Waals surface area contributed by atoms with E-state index in [1.165, 1.54) is 32.4 Å². The van der Waals surface area contributed by atoms with Gasteiger partial charge in [-0.25, -0.2) is 12.7 Å². The topological polar surface area (TPSA) is 109 Å². The molecule has 2 aromatic heterocycles. The molecule has 0 aliphatic rings. The number of rotatable bonds is 8. The molecule has 0 bridgehead atoms. The number of carbonyl (C=O) groups excluding carboxylic acids is 2. The van der Waals surface area contributed by atoms with Crippen LogP contribution in [0.4, 0.5) is 5.69 Å². The van der Waals surface area contributed by atoms with Gasteiger partial charge in [-0.05, 0) is 55.8 Å². The summed E-state index contributed by atoms with van der Waals surface area (Å²) in [4.78, 5) is 34.0. The molecule has 0 aliphatic heterocycles. The van der Waals surface area contributed by atoms with E-state index in [1.807, 2.05) is 6.07 Å². The first kappa shape index (κ1) is 24.2. The van der Waals surface area contributed by atoms with Crippen LogP contribution in [0.3, 0.4) is 0 Å². The Labute approximate surface area is 193 Å². The van der Waals surface area contributed by atoms with Crippen LogP contribution in [0, 0.1) is 0 Å². The van der Waals surface area contributed by atoms with Crippen molar-refractivity contribution < 1.29 is 18.0 Å². The largest absolute Gasteiger partial charge is 0.324 e. The molecule has 1 N–H and O–H groups in total. The van der Waals surface area contributed by atoms with Gasteiger partial charge in [-0.1, -0.05) is 18.2 Å². The summed E-state index contributed by atoms with van der Waals surface area (Å²) in [5, 5.41) is 2.74. The van der Waals surface area contributed by atoms with Gasteiger partial charge in [0.1, 0.15) is 5.69 Å². The maximum atomic E-state index is 12.9. The molecular weight excluding hydrogens is 440 g/mol. The zero-order valence-corrected chi connectivity index (χ0v) is 19.8. The normalized spacial score (nSPS) is 11.9. The summed E-state index contributed by atoms with van der Waals surface area (Å²) in [5.41, 5.74) is 1.21. The molecule has 1 aromatic carbocycles. The van der Waals surface area contributed by atoms with Crippen molar-refractivity contribution in [3.8, 4) is 0 Å². The van der Waals surface area contributed by atoms with E-state index in [1.54, 1.807) is 56.4 Å². The van der Waals surface area contributed by atoms with Crippen molar-refractivity contribution in [1.82, 2.24) is 14.3 Å². The Morgan fingerprint density at radius 3 is 2.21 bits per heavy atom. The molecule has 8 nitrogen and oxygen atoms in total. The van der Waals surface area contributed by atoms with Gasteiger partial charge in [0.15, 0.2) is 5.78 Å². The number of carbonyl (C=O) groups is 2. The first-order valence-electron chi connectivity index (χ1n) is 10.3. The second-order valence-corrected chi connectivity index (χ2v) is 10.4. The van der Waals surface area contributed by atoms with Crippen molar-refractivity contribution in [2.45, 2.75) is 30.6 Å². The molecule has 3 aromatic rings. The van der Waals surface area contributed by atoms with Crippen molar-refractivity contribution in [1.29, 1.82) is 0 Å². The number of benzene rings is 1. The Hall–Kier alpha value is -3.43. The van der Waals surface area contributed by atoms with E-state index in [0.717, 1.165) is 4.31 Å².